The maximum absolute atomic E-state index is 12.0. The average molecular weight is 323 g/mol. The largest absolute Gasteiger partial charge is 0.484 e. The van der Waals surface area contributed by atoms with E-state index in [1.165, 1.54) is 0 Å². The lowest BCUT2D eigenvalue weighted by atomic mass is 10.1. The van der Waals surface area contributed by atoms with Crippen LogP contribution in [-0.2, 0) is 19.0 Å². The van der Waals surface area contributed by atoms with Gasteiger partial charge < -0.3 is 19.9 Å². The third-order valence-corrected chi connectivity index (χ3v) is 2.84. The van der Waals surface area contributed by atoms with Gasteiger partial charge in [-0.2, -0.15) is 0 Å². The molecule has 0 aliphatic heterocycles. The normalized spacial score (nSPS) is 13.7. The van der Waals surface area contributed by atoms with Gasteiger partial charge in [0.05, 0.1) is 19.3 Å². The zero-order chi connectivity index (χ0) is 17.8. The second-order valence-electron chi connectivity index (χ2n) is 5.19. The third-order valence-electron chi connectivity index (χ3n) is 2.84. The van der Waals surface area contributed by atoms with Crippen molar-refractivity contribution in [2.75, 3.05) is 26.9 Å². The molecular formula is C18H29NO4. The van der Waals surface area contributed by atoms with E-state index in [9.17, 15) is 4.79 Å². The maximum Gasteiger partial charge on any atom is 0.373 e. The molecular weight excluding hydrogens is 294 g/mol. The summed E-state index contributed by atoms with van der Waals surface area (Å²) >= 11 is 0. The van der Waals surface area contributed by atoms with Crippen LogP contribution in [-0.4, -0.2) is 38.9 Å². The molecule has 130 valence electrons. The molecule has 2 N–H and O–H groups in total. The number of nitrogens with two attached hydrogens (primary N) is 1. The lowest BCUT2D eigenvalue weighted by Crippen LogP contribution is -2.14. The molecule has 0 aromatic heterocycles. The lowest BCUT2D eigenvalue weighted by Gasteiger charge is -2.13. The summed E-state index contributed by atoms with van der Waals surface area (Å²) in [6.45, 7) is 12.3. The number of carbonyl (C=O) groups excluding carboxylic acids is 1. The summed E-state index contributed by atoms with van der Waals surface area (Å²) in [6, 6.07) is 0. The number of esters is 1. The molecule has 0 fully saturated rings. The fourth-order valence-corrected chi connectivity index (χ4v) is 1.77. The van der Waals surface area contributed by atoms with E-state index in [0.29, 0.717) is 18.7 Å². The molecule has 0 aromatic rings. The van der Waals surface area contributed by atoms with Crippen molar-refractivity contribution < 1.29 is 19.0 Å². The highest BCUT2D eigenvalue weighted by Gasteiger charge is 2.14. The molecule has 0 spiro atoms. The standard InChI is InChI=1S/C18H29NO4/c1-7-15(9-16(11-19)14(5)12-21-6)10-17(23-13(3)4)18(20)22-8-2/h7,9-10,13H,1,8,11-12,19H2,2-6H3/b15-9+,16-14+,17-10-. The van der Waals surface area contributed by atoms with Gasteiger partial charge in [-0.3, -0.25) is 0 Å². The Bertz CT molecular complexity index is 487. The van der Waals surface area contributed by atoms with E-state index in [1.54, 1.807) is 26.2 Å². The summed E-state index contributed by atoms with van der Waals surface area (Å²) < 4.78 is 15.7. The van der Waals surface area contributed by atoms with Crippen molar-refractivity contribution in [2.45, 2.75) is 33.8 Å². The Morgan fingerprint density at radius 1 is 1.30 bits per heavy atom. The number of hydrogen-bond acceptors (Lipinski definition) is 5. The van der Waals surface area contributed by atoms with Crippen LogP contribution in [0.4, 0.5) is 0 Å². The Morgan fingerprint density at radius 2 is 1.96 bits per heavy atom. The Hall–Kier alpha value is -1.85. The summed E-state index contributed by atoms with van der Waals surface area (Å²) in [6.07, 6.45) is 4.97. The minimum atomic E-state index is -0.499. The van der Waals surface area contributed by atoms with E-state index in [2.05, 4.69) is 6.58 Å². The van der Waals surface area contributed by atoms with Crippen LogP contribution in [0.15, 0.2) is 47.3 Å². The topological polar surface area (TPSA) is 70.8 Å². The maximum atomic E-state index is 12.0. The summed E-state index contributed by atoms with van der Waals surface area (Å²) in [5.74, 6) is -0.352. The summed E-state index contributed by atoms with van der Waals surface area (Å²) in [7, 11) is 1.63. The number of hydrogen-bond donors (Lipinski definition) is 1. The smallest absolute Gasteiger partial charge is 0.373 e. The van der Waals surface area contributed by atoms with E-state index in [0.717, 1.165) is 11.1 Å². The van der Waals surface area contributed by atoms with E-state index < -0.39 is 5.97 Å². The highest BCUT2D eigenvalue weighted by Crippen LogP contribution is 2.14. The second-order valence-corrected chi connectivity index (χ2v) is 5.19. The Labute approximate surface area is 139 Å². The van der Waals surface area contributed by atoms with E-state index >= 15 is 0 Å². The molecule has 0 unspecified atom stereocenters. The summed E-state index contributed by atoms with van der Waals surface area (Å²) in [5, 5.41) is 0. The average Bonchev–Trinajstić information content (AvgIpc) is 2.50. The molecule has 0 radical (unpaired) electrons. The fourth-order valence-electron chi connectivity index (χ4n) is 1.77. The first-order valence-corrected chi connectivity index (χ1v) is 7.66. The molecule has 0 amide bonds. The Balaban J connectivity index is 5.67. The molecule has 0 rings (SSSR count). The number of allylic oxidation sites excluding steroid dienone is 3. The molecule has 0 aliphatic carbocycles. The van der Waals surface area contributed by atoms with Gasteiger partial charge in [0.1, 0.15) is 0 Å². The third kappa shape index (κ3) is 8.38. The highest BCUT2D eigenvalue weighted by atomic mass is 16.6. The van der Waals surface area contributed by atoms with Crippen LogP contribution in [0.5, 0.6) is 0 Å². The van der Waals surface area contributed by atoms with Crippen LogP contribution < -0.4 is 5.73 Å². The van der Waals surface area contributed by atoms with Gasteiger partial charge in [-0.05, 0) is 50.5 Å². The van der Waals surface area contributed by atoms with Crippen molar-refractivity contribution in [3.63, 3.8) is 0 Å². The molecule has 0 heterocycles. The van der Waals surface area contributed by atoms with Gasteiger partial charge in [-0.15, -0.1) is 0 Å². The number of ether oxygens (including phenoxy) is 3. The van der Waals surface area contributed by atoms with E-state index in [4.69, 9.17) is 19.9 Å². The molecule has 0 aliphatic rings. The molecule has 23 heavy (non-hydrogen) atoms. The molecule has 0 atom stereocenters. The van der Waals surface area contributed by atoms with Crippen molar-refractivity contribution in [1.82, 2.24) is 0 Å². The molecule has 0 bridgehead atoms. The first kappa shape index (κ1) is 21.1. The van der Waals surface area contributed by atoms with Crippen molar-refractivity contribution >= 4 is 5.97 Å². The molecule has 0 saturated carbocycles. The predicted octanol–water partition coefficient (Wildman–Crippen LogP) is 2.89. The lowest BCUT2D eigenvalue weighted by molar-refractivity contribution is -0.143. The first-order chi connectivity index (χ1) is 10.9. The van der Waals surface area contributed by atoms with E-state index in [-0.39, 0.29) is 18.5 Å². The van der Waals surface area contributed by atoms with E-state index in [1.807, 2.05) is 26.8 Å². The fraction of sp³-hybridized carbons (Fsp3) is 0.500. The van der Waals surface area contributed by atoms with Crippen molar-refractivity contribution in [3.8, 4) is 0 Å². The summed E-state index contributed by atoms with van der Waals surface area (Å²) in [5.41, 5.74) is 8.44. The number of carbonyl (C=O) groups is 1. The Morgan fingerprint density at radius 3 is 2.39 bits per heavy atom. The van der Waals surface area contributed by atoms with Crippen molar-refractivity contribution in [3.05, 3.63) is 47.3 Å². The van der Waals surface area contributed by atoms with Crippen LogP contribution in [0, 0.1) is 0 Å². The highest BCUT2D eigenvalue weighted by molar-refractivity contribution is 5.87. The SMILES string of the molecule is C=CC(/C=C(\OC(C)C)C(=O)OCC)=C\C(CN)=C(\C)COC. The zero-order valence-corrected chi connectivity index (χ0v) is 14.8. The number of methoxy groups -OCH3 is 1. The van der Waals surface area contributed by atoms with Crippen LogP contribution in [0.1, 0.15) is 27.7 Å². The molecule has 0 saturated heterocycles. The minimum Gasteiger partial charge on any atom is -0.484 e. The van der Waals surface area contributed by atoms with Gasteiger partial charge >= 0.3 is 5.97 Å². The van der Waals surface area contributed by atoms with Crippen LogP contribution in [0.2, 0.25) is 0 Å². The van der Waals surface area contributed by atoms with Gasteiger partial charge in [-0.1, -0.05) is 18.7 Å². The second kappa shape index (κ2) is 11.7. The molecule has 0 aromatic carbocycles. The van der Waals surface area contributed by atoms with Crippen LogP contribution in [0.25, 0.3) is 0 Å². The Kier molecular flexibility index (Phi) is 10.7. The van der Waals surface area contributed by atoms with Gasteiger partial charge in [0.25, 0.3) is 0 Å². The van der Waals surface area contributed by atoms with Crippen LogP contribution >= 0.6 is 0 Å². The predicted molar refractivity (Wildman–Crippen MR) is 92.8 cm³/mol. The molecule has 5 heteroatoms. The van der Waals surface area contributed by atoms with Gasteiger partial charge in [-0.25, -0.2) is 4.79 Å². The van der Waals surface area contributed by atoms with Crippen LogP contribution in [0.3, 0.4) is 0 Å². The van der Waals surface area contributed by atoms with Gasteiger partial charge in [0, 0.05) is 13.7 Å². The minimum absolute atomic E-state index is 0.142. The molecule has 5 nitrogen and oxygen atoms in total. The number of rotatable bonds is 10. The first-order valence-electron chi connectivity index (χ1n) is 7.66. The van der Waals surface area contributed by atoms with Crippen molar-refractivity contribution in [1.29, 1.82) is 0 Å². The quantitative estimate of drug-likeness (QED) is 0.290. The van der Waals surface area contributed by atoms with Gasteiger partial charge in [0.2, 0.25) is 5.76 Å². The van der Waals surface area contributed by atoms with Crippen molar-refractivity contribution in [2.24, 2.45) is 5.73 Å². The summed E-state index contributed by atoms with van der Waals surface area (Å²) in [4.78, 5) is 12.0. The monoisotopic (exact) mass is 323 g/mol. The van der Waals surface area contributed by atoms with Gasteiger partial charge in [0.15, 0.2) is 0 Å². The zero-order valence-electron chi connectivity index (χ0n) is 14.8.